The number of nitrogens with one attached hydrogen (secondary N) is 1. The largest absolute Gasteiger partial charge is 0.476 e. The molecule has 0 spiro atoms. The molecule has 2 N–H and O–H groups in total. The molecule has 0 aliphatic rings. The topological polar surface area (TPSA) is 95.8 Å². The van der Waals surface area contributed by atoms with Crippen molar-refractivity contribution in [3.05, 3.63) is 27.2 Å². The molecule has 0 bridgehead atoms. The lowest BCUT2D eigenvalue weighted by molar-refractivity contribution is -0.130. The Morgan fingerprint density at radius 3 is 2.32 bits per heavy atom. The summed E-state index contributed by atoms with van der Waals surface area (Å²) in [7, 11) is 0. The normalized spacial score (nSPS) is 11.2. The molecule has 7 heteroatoms. The molecule has 0 radical (unpaired) electrons. The highest BCUT2D eigenvalue weighted by Crippen LogP contribution is 2.30. The van der Waals surface area contributed by atoms with E-state index in [1.807, 2.05) is 26.8 Å². The fraction of sp³-hybridized carbons (Fsp3) is 0.333. The van der Waals surface area contributed by atoms with Gasteiger partial charge in [-0.3, -0.25) is 14.6 Å². The summed E-state index contributed by atoms with van der Waals surface area (Å²) in [4.78, 5) is 37.4. The van der Waals surface area contributed by atoms with Crippen molar-refractivity contribution >= 4 is 45.0 Å². The molecule has 0 saturated heterocycles. The molecule has 1 amide bonds. The monoisotopic (exact) mass is 368 g/mol. The average Bonchev–Trinajstić information content (AvgIpc) is 2.40. The second kappa shape index (κ2) is 7.31. The van der Waals surface area contributed by atoms with Gasteiger partial charge in [-0.2, -0.15) is 0 Å². The number of amides is 1. The van der Waals surface area contributed by atoms with Gasteiger partial charge in [0.25, 0.3) is 0 Å². The third kappa shape index (κ3) is 4.24. The molecule has 0 saturated carbocycles. The number of carboxylic acid groups (broad SMARTS) is 1. The van der Waals surface area contributed by atoms with Crippen LogP contribution >= 0.6 is 15.9 Å². The van der Waals surface area contributed by atoms with Crippen LogP contribution < -0.4 is 5.32 Å². The Hall–Kier alpha value is -2.02. The zero-order chi connectivity index (χ0) is 17.0. The van der Waals surface area contributed by atoms with Crippen molar-refractivity contribution in [2.24, 2.45) is 4.99 Å². The van der Waals surface area contributed by atoms with Crippen molar-refractivity contribution in [3.63, 3.8) is 0 Å². The van der Waals surface area contributed by atoms with Crippen LogP contribution in [0, 0.1) is 20.8 Å². The van der Waals surface area contributed by atoms with Gasteiger partial charge < -0.3 is 10.4 Å². The highest BCUT2D eigenvalue weighted by molar-refractivity contribution is 9.10. The minimum atomic E-state index is -1.44. The van der Waals surface area contributed by atoms with Crippen molar-refractivity contribution in [2.75, 3.05) is 11.9 Å². The first-order valence-electron chi connectivity index (χ1n) is 6.50. The number of aliphatic imine (C=N–C) groups is 1. The SMILES string of the molecule is CC(=O)C(=NCC(=O)Nc1c(C)cc(C)c(Br)c1C)C(=O)O. The van der Waals surface area contributed by atoms with Crippen LogP contribution in [0.15, 0.2) is 15.5 Å². The third-order valence-corrected chi connectivity index (χ3v) is 4.28. The zero-order valence-corrected chi connectivity index (χ0v) is 14.4. The predicted octanol–water partition coefficient (Wildman–Crippen LogP) is 2.43. The summed E-state index contributed by atoms with van der Waals surface area (Å²) in [6, 6.07) is 1.92. The van der Waals surface area contributed by atoms with Crippen LogP contribution in [0.5, 0.6) is 0 Å². The van der Waals surface area contributed by atoms with E-state index in [0.29, 0.717) is 5.69 Å². The number of rotatable bonds is 5. The summed E-state index contributed by atoms with van der Waals surface area (Å²) < 4.78 is 0.895. The minimum Gasteiger partial charge on any atom is -0.476 e. The van der Waals surface area contributed by atoms with E-state index in [0.717, 1.165) is 28.1 Å². The number of anilines is 1. The van der Waals surface area contributed by atoms with Gasteiger partial charge in [0, 0.05) is 17.1 Å². The van der Waals surface area contributed by atoms with Crippen molar-refractivity contribution in [3.8, 4) is 0 Å². The molecule has 0 unspecified atom stereocenters. The molecule has 6 nitrogen and oxygen atoms in total. The van der Waals surface area contributed by atoms with Gasteiger partial charge >= 0.3 is 5.97 Å². The van der Waals surface area contributed by atoms with Gasteiger partial charge in [0.15, 0.2) is 11.5 Å². The first-order chi connectivity index (χ1) is 10.1. The fourth-order valence-corrected chi connectivity index (χ4v) is 2.33. The number of carboxylic acids is 1. The molecule has 22 heavy (non-hydrogen) atoms. The molecule has 0 fully saturated rings. The number of ketones is 1. The Bertz CT molecular complexity index is 665. The van der Waals surface area contributed by atoms with E-state index in [4.69, 9.17) is 5.11 Å². The van der Waals surface area contributed by atoms with Crippen molar-refractivity contribution < 1.29 is 19.5 Å². The van der Waals surface area contributed by atoms with Gasteiger partial charge in [-0.15, -0.1) is 0 Å². The van der Waals surface area contributed by atoms with Crippen LogP contribution in [-0.4, -0.2) is 35.0 Å². The van der Waals surface area contributed by atoms with Gasteiger partial charge in [-0.1, -0.05) is 22.0 Å². The van der Waals surface area contributed by atoms with Gasteiger partial charge in [0.05, 0.1) is 0 Å². The van der Waals surface area contributed by atoms with Crippen LogP contribution in [0.2, 0.25) is 0 Å². The highest BCUT2D eigenvalue weighted by Gasteiger charge is 2.16. The lowest BCUT2D eigenvalue weighted by Crippen LogP contribution is -2.24. The molecule has 0 heterocycles. The molecular formula is C15H17BrN2O4. The maximum absolute atomic E-state index is 11.9. The molecule has 0 atom stereocenters. The Kier molecular flexibility index (Phi) is 5.99. The molecular weight excluding hydrogens is 352 g/mol. The Balaban J connectivity index is 2.96. The third-order valence-electron chi connectivity index (χ3n) is 3.06. The number of halogens is 1. The van der Waals surface area contributed by atoms with Crippen LogP contribution in [0.4, 0.5) is 5.69 Å². The Morgan fingerprint density at radius 1 is 1.23 bits per heavy atom. The highest BCUT2D eigenvalue weighted by atomic mass is 79.9. The number of carbonyl (C=O) groups excluding carboxylic acids is 2. The Labute approximate surface area is 136 Å². The summed E-state index contributed by atoms with van der Waals surface area (Å²) in [5, 5.41) is 11.5. The quantitative estimate of drug-likeness (QED) is 0.616. The van der Waals surface area contributed by atoms with E-state index in [1.54, 1.807) is 0 Å². The molecule has 1 aromatic carbocycles. The van der Waals surface area contributed by atoms with E-state index < -0.39 is 29.9 Å². The van der Waals surface area contributed by atoms with Gasteiger partial charge in [0.2, 0.25) is 5.91 Å². The lowest BCUT2D eigenvalue weighted by Gasteiger charge is -2.14. The zero-order valence-electron chi connectivity index (χ0n) is 12.8. The minimum absolute atomic E-state index is 0.425. The average molecular weight is 369 g/mol. The van der Waals surface area contributed by atoms with Crippen LogP contribution in [0.3, 0.4) is 0 Å². The number of carbonyl (C=O) groups is 3. The van der Waals surface area contributed by atoms with Crippen LogP contribution in [0.25, 0.3) is 0 Å². The first kappa shape index (κ1) is 18.0. The number of aliphatic carboxylic acids is 1. The summed E-state index contributed by atoms with van der Waals surface area (Å²) in [5.41, 5.74) is 2.84. The lowest BCUT2D eigenvalue weighted by atomic mass is 10.1. The molecule has 1 aromatic rings. The van der Waals surface area contributed by atoms with Crippen molar-refractivity contribution in [2.45, 2.75) is 27.7 Å². The van der Waals surface area contributed by atoms with E-state index in [-0.39, 0.29) is 0 Å². The van der Waals surface area contributed by atoms with Crippen molar-refractivity contribution in [1.29, 1.82) is 0 Å². The Morgan fingerprint density at radius 2 is 1.82 bits per heavy atom. The van der Waals surface area contributed by atoms with E-state index >= 15 is 0 Å². The number of Topliss-reactive ketones (excluding diaryl/α,β-unsaturated/α-hetero) is 1. The van der Waals surface area contributed by atoms with Crippen LogP contribution in [-0.2, 0) is 14.4 Å². The number of hydrogen-bond acceptors (Lipinski definition) is 4. The molecule has 0 aromatic heterocycles. The summed E-state index contributed by atoms with van der Waals surface area (Å²) in [6.45, 7) is 6.35. The van der Waals surface area contributed by atoms with E-state index in [2.05, 4.69) is 26.2 Å². The van der Waals surface area contributed by atoms with E-state index in [9.17, 15) is 14.4 Å². The molecule has 118 valence electrons. The number of nitrogens with zero attached hydrogens (tertiary/aromatic N) is 1. The van der Waals surface area contributed by atoms with Gasteiger partial charge in [-0.05, 0) is 37.5 Å². The summed E-state index contributed by atoms with van der Waals surface area (Å²) in [6.07, 6.45) is 0. The van der Waals surface area contributed by atoms with E-state index in [1.165, 1.54) is 0 Å². The second-order valence-corrected chi connectivity index (χ2v) is 5.69. The molecule has 0 aliphatic heterocycles. The predicted molar refractivity (Wildman–Crippen MR) is 87.6 cm³/mol. The maximum Gasteiger partial charge on any atom is 0.357 e. The van der Waals surface area contributed by atoms with Gasteiger partial charge in [-0.25, -0.2) is 4.79 Å². The van der Waals surface area contributed by atoms with Crippen LogP contribution in [0.1, 0.15) is 23.6 Å². The van der Waals surface area contributed by atoms with Crippen molar-refractivity contribution in [1.82, 2.24) is 0 Å². The summed E-state index contributed by atoms with van der Waals surface area (Å²) in [5.74, 6) is -2.61. The second-order valence-electron chi connectivity index (χ2n) is 4.90. The summed E-state index contributed by atoms with van der Waals surface area (Å²) >= 11 is 3.45. The molecule has 1 rings (SSSR count). The molecule has 0 aliphatic carbocycles. The van der Waals surface area contributed by atoms with Gasteiger partial charge in [0.1, 0.15) is 6.54 Å². The number of aryl methyl sites for hydroxylation is 2. The standard InChI is InChI=1S/C15H17BrN2O4/c1-7-5-8(2)13(9(3)12(7)16)18-11(20)6-17-14(10(4)19)15(21)22/h5H,6H2,1-4H3,(H,18,20)(H,21,22). The fourth-order valence-electron chi connectivity index (χ4n) is 2.01. The smallest absolute Gasteiger partial charge is 0.357 e. The maximum atomic E-state index is 11.9. The number of hydrogen-bond donors (Lipinski definition) is 2. The first-order valence-corrected chi connectivity index (χ1v) is 7.29. The number of benzene rings is 1.